The molecule has 3 rings (SSSR count). The molecule has 0 aliphatic carbocycles. The molecule has 1 saturated heterocycles. The van der Waals surface area contributed by atoms with Crippen molar-refractivity contribution >= 4 is 23.2 Å². The van der Waals surface area contributed by atoms with Crippen LogP contribution < -0.4 is 16.0 Å². The van der Waals surface area contributed by atoms with Gasteiger partial charge >= 0.3 is 0 Å². The SMILES string of the molecule is CCc1cccc(C)c1NCC(=O)Nc1ccc(C(=O)NCC2CCCO2)cc1. The minimum atomic E-state index is -0.133. The van der Waals surface area contributed by atoms with Crippen LogP contribution in [0.5, 0.6) is 0 Å². The summed E-state index contributed by atoms with van der Waals surface area (Å²) in [6.45, 7) is 5.61. The van der Waals surface area contributed by atoms with Gasteiger partial charge in [0, 0.05) is 30.1 Å². The normalized spacial score (nSPS) is 15.7. The Morgan fingerprint density at radius 2 is 1.93 bits per heavy atom. The first-order chi connectivity index (χ1) is 14.1. The molecule has 0 spiro atoms. The van der Waals surface area contributed by atoms with Crippen LogP contribution in [0.2, 0.25) is 0 Å². The van der Waals surface area contributed by atoms with E-state index in [0.29, 0.717) is 17.8 Å². The molecule has 1 atom stereocenters. The predicted molar refractivity (Wildman–Crippen MR) is 115 cm³/mol. The van der Waals surface area contributed by atoms with Crippen molar-refractivity contribution in [2.45, 2.75) is 39.2 Å². The van der Waals surface area contributed by atoms with Crippen molar-refractivity contribution in [1.82, 2.24) is 5.32 Å². The standard InChI is InChI=1S/C23H29N3O3/c1-3-17-7-4-6-16(2)22(17)24-15-21(27)26-19-11-9-18(10-12-19)23(28)25-14-20-8-5-13-29-20/h4,6-7,9-12,20,24H,3,5,8,13-15H2,1-2H3,(H,25,28)(H,26,27). The monoisotopic (exact) mass is 395 g/mol. The Bertz CT molecular complexity index is 843. The van der Waals surface area contributed by atoms with Crippen LogP contribution in [-0.4, -0.2) is 37.6 Å². The Morgan fingerprint density at radius 1 is 1.14 bits per heavy atom. The molecule has 0 radical (unpaired) electrons. The largest absolute Gasteiger partial charge is 0.376 e. The zero-order chi connectivity index (χ0) is 20.6. The van der Waals surface area contributed by atoms with Crippen molar-refractivity contribution in [1.29, 1.82) is 0 Å². The molecule has 1 heterocycles. The predicted octanol–water partition coefficient (Wildman–Crippen LogP) is 3.52. The van der Waals surface area contributed by atoms with Crippen LogP contribution in [0.3, 0.4) is 0 Å². The van der Waals surface area contributed by atoms with Crippen molar-refractivity contribution < 1.29 is 14.3 Å². The van der Waals surface area contributed by atoms with Gasteiger partial charge in [-0.05, 0) is 61.6 Å². The van der Waals surface area contributed by atoms with E-state index in [0.717, 1.165) is 37.1 Å². The van der Waals surface area contributed by atoms with Gasteiger partial charge < -0.3 is 20.7 Å². The fraction of sp³-hybridized carbons (Fsp3) is 0.391. The third-order valence-corrected chi connectivity index (χ3v) is 5.11. The van der Waals surface area contributed by atoms with Gasteiger partial charge in [0.05, 0.1) is 12.6 Å². The zero-order valence-electron chi connectivity index (χ0n) is 17.1. The highest BCUT2D eigenvalue weighted by atomic mass is 16.5. The molecule has 0 bridgehead atoms. The van der Waals surface area contributed by atoms with E-state index in [1.165, 1.54) is 5.56 Å². The number of aryl methyl sites for hydroxylation is 2. The van der Waals surface area contributed by atoms with Gasteiger partial charge in [-0.1, -0.05) is 25.1 Å². The highest BCUT2D eigenvalue weighted by Gasteiger charge is 2.16. The first-order valence-electron chi connectivity index (χ1n) is 10.2. The molecule has 3 N–H and O–H groups in total. The van der Waals surface area contributed by atoms with E-state index in [9.17, 15) is 9.59 Å². The molecule has 0 saturated carbocycles. The number of hydrogen-bond acceptors (Lipinski definition) is 4. The average molecular weight is 396 g/mol. The minimum absolute atomic E-state index is 0.117. The van der Waals surface area contributed by atoms with Gasteiger partial charge in [0.15, 0.2) is 0 Å². The van der Waals surface area contributed by atoms with E-state index in [2.05, 4.69) is 28.9 Å². The molecular formula is C23H29N3O3. The summed E-state index contributed by atoms with van der Waals surface area (Å²) in [7, 11) is 0. The third-order valence-electron chi connectivity index (χ3n) is 5.11. The molecule has 0 aromatic heterocycles. The molecule has 29 heavy (non-hydrogen) atoms. The summed E-state index contributed by atoms with van der Waals surface area (Å²) in [6.07, 6.45) is 3.06. The number of nitrogens with one attached hydrogen (secondary N) is 3. The Labute approximate surface area is 172 Å². The number of hydrogen-bond donors (Lipinski definition) is 3. The second-order valence-electron chi connectivity index (χ2n) is 7.29. The second-order valence-corrected chi connectivity index (χ2v) is 7.29. The number of anilines is 2. The van der Waals surface area contributed by atoms with Crippen molar-refractivity contribution in [3.63, 3.8) is 0 Å². The number of ether oxygens (including phenoxy) is 1. The lowest BCUT2D eigenvalue weighted by Crippen LogP contribution is -2.31. The quantitative estimate of drug-likeness (QED) is 0.639. The summed E-state index contributed by atoms with van der Waals surface area (Å²) in [5, 5.41) is 8.99. The molecule has 154 valence electrons. The first-order valence-corrected chi connectivity index (χ1v) is 10.2. The van der Waals surface area contributed by atoms with Gasteiger partial charge in [0.2, 0.25) is 5.91 Å². The average Bonchev–Trinajstić information content (AvgIpc) is 3.25. The summed E-state index contributed by atoms with van der Waals surface area (Å²) in [5.41, 5.74) is 4.55. The molecule has 2 aromatic carbocycles. The maximum atomic E-state index is 12.3. The fourth-order valence-corrected chi connectivity index (χ4v) is 3.47. The number of benzene rings is 2. The zero-order valence-corrected chi connectivity index (χ0v) is 17.1. The molecule has 2 amide bonds. The topological polar surface area (TPSA) is 79.5 Å². The van der Waals surface area contributed by atoms with Gasteiger partial charge in [0.25, 0.3) is 5.91 Å². The first kappa shape index (κ1) is 20.9. The molecular weight excluding hydrogens is 366 g/mol. The van der Waals surface area contributed by atoms with Gasteiger partial charge in [-0.3, -0.25) is 9.59 Å². The van der Waals surface area contributed by atoms with Crippen molar-refractivity contribution in [3.05, 3.63) is 59.2 Å². The molecule has 2 aromatic rings. The molecule has 6 heteroatoms. The Morgan fingerprint density at radius 3 is 2.62 bits per heavy atom. The highest BCUT2D eigenvalue weighted by Crippen LogP contribution is 2.20. The van der Waals surface area contributed by atoms with Crippen LogP contribution in [-0.2, 0) is 16.0 Å². The smallest absolute Gasteiger partial charge is 0.251 e. The lowest BCUT2D eigenvalue weighted by molar-refractivity contribution is -0.114. The number of carbonyl (C=O) groups is 2. The number of carbonyl (C=O) groups excluding carboxylic acids is 2. The van der Waals surface area contributed by atoms with Crippen molar-refractivity contribution in [2.24, 2.45) is 0 Å². The Kier molecular flexibility index (Phi) is 7.25. The second kappa shape index (κ2) is 10.1. The lowest BCUT2D eigenvalue weighted by Gasteiger charge is -2.14. The molecule has 1 unspecified atom stereocenters. The summed E-state index contributed by atoms with van der Waals surface area (Å²) in [6, 6.07) is 13.0. The minimum Gasteiger partial charge on any atom is -0.376 e. The van der Waals surface area contributed by atoms with Crippen LogP contribution in [0.25, 0.3) is 0 Å². The number of rotatable bonds is 8. The van der Waals surface area contributed by atoms with E-state index < -0.39 is 0 Å². The van der Waals surface area contributed by atoms with E-state index in [-0.39, 0.29) is 24.5 Å². The molecule has 1 aliphatic rings. The van der Waals surface area contributed by atoms with Crippen LogP contribution in [0, 0.1) is 6.92 Å². The highest BCUT2D eigenvalue weighted by molar-refractivity contribution is 5.96. The van der Waals surface area contributed by atoms with E-state index >= 15 is 0 Å². The number of para-hydroxylation sites is 1. The van der Waals surface area contributed by atoms with Crippen LogP contribution in [0.1, 0.15) is 41.3 Å². The van der Waals surface area contributed by atoms with E-state index in [1.54, 1.807) is 24.3 Å². The molecule has 6 nitrogen and oxygen atoms in total. The maximum Gasteiger partial charge on any atom is 0.251 e. The van der Waals surface area contributed by atoms with E-state index in [4.69, 9.17) is 4.74 Å². The fourth-order valence-electron chi connectivity index (χ4n) is 3.47. The van der Waals surface area contributed by atoms with Gasteiger partial charge in [-0.15, -0.1) is 0 Å². The molecule has 1 fully saturated rings. The summed E-state index contributed by atoms with van der Waals surface area (Å²) in [5.74, 6) is -0.266. The lowest BCUT2D eigenvalue weighted by atomic mass is 10.1. The van der Waals surface area contributed by atoms with Gasteiger partial charge in [-0.25, -0.2) is 0 Å². The van der Waals surface area contributed by atoms with Gasteiger partial charge in [0.1, 0.15) is 0 Å². The Hall–Kier alpha value is -2.86. The van der Waals surface area contributed by atoms with Gasteiger partial charge in [-0.2, -0.15) is 0 Å². The van der Waals surface area contributed by atoms with Crippen molar-refractivity contribution in [2.75, 3.05) is 30.3 Å². The van der Waals surface area contributed by atoms with Crippen LogP contribution in [0.15, 0.2) is 42.5 Å². The van der Waals surface area contributed by atoms with E-state index in [1.807, 2.05) is 19.1 Å². The third kappa shape index (κ3) is 5.81. The van der Waals surface area contributed by atoms with Crippen molar-refractivity contribution in [3.8, 4) is 0 Å². The maximum absolute atomic E-state index is 12.3. The van der Waals surface area contributed by atoms with Crippen LogP contribution >= 0.6 is 0 Å². The summed E-state index contributed by atoms with van der Waals surface area (Å²) >= 11 is 0. The summed E-state index contributed by atoms with van der Waals surface area (Å²) in [4.78, 5) is 24.5. The Balaban J connectivity index is 1.49. The number of amides is 2. The molecule has 1 aliphatic heterocycles. The summed E-state index contributed by atoms with van der Waals surface area (Å²) < 4.78 is 5.51. The van der Waals surface area contributed by atoms with Crippen LogP contribution in [0.4, 0.5) is 11.4 Å².